The van der Waals surface area contributed by atoms with Crippen molar-refractivity contribution < 1.29 is 9.53 Å². The average molecular weight is 225 g/mol. The summed E-state index contributed by atoms with van der Waals surface area (Å²) < 4.78 is 4.90. The van der Waals surface area contributed by atoms with E-state index in [1.807, 2.05) is 6.92 Å². The first kappa shape index (κ1) is 12.4. The van der Waals surface area contributed by atoms with E-state index < -0.39 is 0 Å². The number of aromatic amines is 1. The average Bonchev–Trinajstić information content (AvgIpc) is 2.29. The lowest BCUT2D eigenvalue weighted by Gasteiger charge is -2.19. The normalized spacial score (nSPS) is 10.1. The smallest absolute Gasteiger partial charge is 0.272 e. The Balaban J connectivity index is 2.78. The molecule has 1 aromatic heterocycles. The van der Waals surface area contributed by atoms with Gasteiger partial charge in [0, 0.05) is 20.2 Å². The zero-order valence-electron chi connectivity index (χ0n) is 9.40. The number of aromatic nitrogens is 2. The van der Waals surface area contributed by atoms with Crippen LogP contribution >= 0.6 is 0 Å². The Labute approximate surface area is 93.3 Å². The highest BCUT2D eigenvalue weighted by molar-refractivity contribution is 5.91. The van der Waals surface area contributed by atoms with Crippen LogP contribution in [0, 0.1) is 0 Å². The Morgan fingerprint density at radius 1 is 1.56 bits per heavy atom. The van der Waals surface area contributed by atoms with Crippen LogP contribution in [-0.4, -0.2) is 47.6 Å². The van der Waals surface area contributed by atoms with E-state index >= 15 is 0 Å². The third-order valence-electron chi connectivity index (χ3n) is 2.12. The first-order valence-corrected chi connectivity index (χ1v) is 5.01. The zero-order chi connectivity index (χ0) is 12.0. The highest BCUT2D eigenvalue weighted by Gasteiger charge is 2.14. The second-order valence-electron chi connectivity index (χ2n) is 3.19. The van der Waals surface area contributed by atoms with Crippen LogP contribution in [0.2, 0.25) is 0 Å². The molecule has 0 bridgehead atoms. The summed E-state index contributed by atoms with van der Waals surface area (Å²) in [6, 6.07) is 0. The van der Waals surface area contributed by atoms with Crippen molar-refractivity contribution in [3.63, 3.8) is 0 Å². The number of carbonyl (C=O) groups is 1. The molecule has 0 unspecified atom stereocenters. The van der Waals surface area contributed by atoms with E-state index in [2.05, 4.69) is 9.97 Å². The molecule has 88 valence electrons. The summed E-state index contributed by atoms with van der Waals surface area (Å²) in [5.41, 5.74) is -0.181. The zero-order valence-corrected chi connectivity index (χ0v) is 9.40. The van der Waals surface area contributed by atoms with E-state index in [4.69, 9.17) is 4.74 Å². The molecular formula is C10H15N3O3. The van der Waals surface area contributed by atoms with Gasteiger partial charge in [-0.3, -0.25) is 14.6 Å². The molecule has 0 aliphatic heterocycles. The number of nitrogens with one attached hydrogen (secondary N) is 1. The number of hydrogen-bond acceptors (Lipinski definition) is 4. The lowest BCUT2D eigenvalue weighted by atomic mass is 10.3. The van der Waals surface area contributed by atoms with Crippen molar-refractivity contribution in [2.24, 2.45) is 0 Å². The minimum Gasteiger partial charge on any atom is -0.383 e. The van der Waals surface area contributed by atoms with Crippen molar-refractivity contribution in [1.29, 1.82) is 0 Å². The van der Waals surface area contributed by atoms with Crippen molar-refractivity contribution in [3.8, 4) is 0 Å². The molecule has 0 aromatic carbocycles. The molecule has 0 radical (unpaired) electrons. The highest BCUT2D eigenvalue weighted by Crippen LogP contribution is 1.98. The molecule has 0 aliphatic carbocycles. The molecule has 1 heterocycles. The van der Waals surface area contributed by atoms with Crippen LogP contribution in [0.1, 0.15) is 17.4 Å². The van der Waals surface area contributed by atoms with Gasteiger partial charge in [0.25, 0.3) is 11.5 Å². The van der Waals surface area contributed by atoms with Gasteiger partial charge in [0.05, 0.1) is 19.0 Å². The van der Waals surface area contributed by atoms with Crippen LogP contribution in [0.15, 0.2) is 17.2 Å². The minimum atomic E-state index is -0.381. The molecule has 0 spiro atoms. The second kappa shape index (κ2) is 6.02. The van der Waals surface area contributed by atoms with E-state index in [-0.39, 0.29) is 17.2 Å². The fourth-order valence-electron chi connectivity index (χ4n) is 1.26. The van der Waals surface area contributed by atoms with Crippen LogP contribution in [0.5, 0.6) is 0 Å². The number of rotatable bonds is 5. The Bertz CT molecular complexity index is 402. The molecule has 0 saturated carbocycles. The van der Waals surface area contributed by atoms with Crippen LogP contribution in [-0.2, 0) is 4.74 Å². The topological polar surface area (TPSA) is 75.3 Å². The summed E-state index contributed by atoms with van der Waals surface area (Å²) in [6.07, 6.45) is 2.47. The van der Waals surface area contributed by atoms with Gasteiger partial charge in [0.1, 0.15) is 5.69 Å². The number of nitrogens with zero attached hydrogens (tertiary/aromatic N) is 2. The molecule has 1 aromatic rings. The molecule has 16 heavy (non-hydrogen) atoms. The van der Waals surface area contributed by atoms with Gasteiger partial charge in [-0.2, -0.15) is 0 Å². The van der Waals surface area contributed by atoms with Gasteiger partial charge in [-0.25, -0.2) is 0 Å². The van der Waals surface area contributed by atoms with Crippen molar-refractivity contribution in [2.75, 3.05) is 26.8 Å². The maximum Gasteiger partial charge on any atom is 0.272 e. The summed E-state index contributed by atoms with van der Waals surface area (Å²) in [4.78, 5) is 30.6. The summed E-state index contributed by atoms with van der Waals surface area (Å²) in [5.74, 6) is -0.246. The number of H-pyrrole nitrogens is 1. The molecular weight excluding hydrogens is 210 g/mol. The molecule has 0 atom stereocenters. The second-order valence-corrected chi connectivity index (χ2v) is 3.19. The van der Waals surface area contributed by atoms with Crippen molar-refractivity contribution >= 4 is 5.91 Å². The van der Waals surface area contributed by atoms with E-state index in [0.29, 0.717) is 19.7 Å². The Morgan fingerprint density at radius 3 is 2.88 bits per heavy atom. The van der Waals surface area contributed by atoms with E-state index in [1.54, 1.807) is 12.0 Å². The van der Waals surface area contributed by atoms with Crippen LogP contribution in [0.4, 0.5) is 0 Å². The first-order valence-electron chi connectivity index (χ1n) is 5.01. The van der Waals surface area contributed by atoms with Gasteiger partial charge < -0.3 is 14.6 Å². The van der Waals surface area contributed by atoms with Gasteiger partial charge in [0.15, 0.2) is 0 Å². The summed E-state index contributed by atoms with van der Waals surface area (Å²) in [5, 5.41) is 0. The number of methoxy groups -OCH3 is 1. The molecule has 0 aliphatic rings. The molecule has 0 fully saturated rings. The number of hydrogen-bond donors (Lipinski definition) is 1. The fourth-order valence-corrected chi connectivity index (χ4v) is 1.26. The van der Waals surface area contributed by atoms with Crippen molar-refractivity contribution in [1.82, 2.24) is 14.9 Å². The molecule has 6 heteroatoms. The quantitative estimate of drug-likeness (QED) is 0.758. The molecule has 0 saturated heterocycles. The fraction of sp³-hybridized carbons (Fsp3) is 0.500. The van der Waals surface area contributed by atoms with Gasteiger partial charge in [-0.15, -0.1) is 0 Å². The lowest BCUT2D eigenvalue weighted by Crippen LogP contribution is -2.35. The monoisotopic (exact) mass is 225 g/mol. The summed E-state index contributed by atoms with van der Waals surface area (Å²) >= 11 is 0. The molecule has 1 N–H and O–H groups in total. The predicted molar refractivity (Wildman–Crippen MR) is 58.3 cm³/mol. The van der Waals surface area contributed by atoms with E-state index in [9.17, 15) is 9.59 Å². The largest absolute Gasteiger partial charge is 0.383 e. The number of carbonyl (C=O) groups excluding carboxylic acids is 1. The minimum absolute atomic E-state index is 0.199. The molecule has 1 amide bonds. The highest BCUT2D eigenvalue weighted by atomic mass is 16.5. The van der Waals surface area contributed by atoms with E-state index in [1.165, 1.54) is 6.20 Å². The maximum atomic E-state index is 11.9. The van der Waals surface area contributed by atoms with Crippen molar-refractivity contribution in [2.45, 2.75) is 6.92 Å². The van der Waals surface area contributed by atoms with E-state index in [0.717, 1.165) is 6.20 Å². The predicted octanol–water partition coefficient (Wildman–Crippen LogP) is -0.122. The Hall–Kier alpha value is -1.69. The standard InChI is InChI=1S/C10H15N3O3/c1-3-13(4-5-16-2)10(15)8-6-11-7-9(14)12-8/h6-7H,3-5H2,1-2H3,(H,12,14). The van der Waals surface area contributed by atoms with Gasteiger partial charge >= 0.3 is 0 Å². The maximum absolute atomic E-state index is 11.9. The molecule has 1 rings (SSSR count). The number of ether oxygens (including phenoxy) is 1. The third kappa shape index (κ3) is 3.16. The van der Waals surface area contributed by atoms with Gasteiger partial charge in [-0.1, -0.05) is 0 Å². The number of amides is 1. The lowest BCUT2D eigenvalue weighted by molar-refractivity contribution is 0.0700. The van der Waals surface area contributed by atoms with Gasteiger partial charge in [-0.05, 0) is 6.92 Å². The van der Waals surface area contributed by atoms with Crippen LogP contribution in [0.25, 0.3) is 0 Å². The summed E-state index contributed by atoms with van der Waals surface area (Å²) in [7, 11) is 1.57. The van der Waals surface area contributed by atoms with Crippen LogP contribution in [0.3, 0.4) is 0 Å². The SMILES string of the molecule is CCN(CCOC)C(=O)c1cncc(=O)[nH]1. The van der Waals surface area contributed by atoms with Gasteiger partial charge in [0.2, 0.25) is 0 Å². The van der Waals surface area contributed by atoms with Crippen molar-refractivity contribution in [3.05, 3.63) is 28.4 Å². The number of likely N-dealkylation sites (N-methyl/N-ethyl adjacent to an activating group) is 1. The van der Waals surface area contributed by atoms with Crippen LogP contribution < -0.4 is 5.56 Å². The molecule has 6 nitrogen and oxygen atoms in total. The first-order chi connectivity index (χ1) is 7.69. The Morgan fingerprint density at radius 2 is 2.31 bits per heavy atom. The Kier molecular flexibility index (Phi) is 4.65. The summed E-state index contributed by atoms with van der Waals surface area (Å²) in [6.45, 7) is 3.37. The third-order valence-corrected chi connectivity index (χ3v) is 2.12.